The van der Waals surface area contributed by atoms with Gasteiger partial charge in [-0.2, -0.15) is 0 Å². The summed E-state index contributed by atoms with van der Waals surface area (Å²) in [5.74, 6) is -2.99. The van der Waals surface area contributed by atoms with Gasteiger partial charge in [0, 0.05) is 17.2 Å². The number of hydrogen-bond acceptors (Lipinski definition) is 3. The summed E-state index contributed by atoms with van der Waals surface area (Å²) >= 11 is 0. The summed E-state index contributed by atoms with van der Waals surface area (Å²) in [6.45, 7) is 6.21. The monoisotopic (exact) mass is 512 g/mol. The number of halogens is 3. The zero-order valence-electron chi connectivity index (χ0n) is 21.5. The Kier molecular flexibility index (Phi) is 7.53. The van der Waals surface area contributed by atoms with E-state index in [9.17, 15) is 13.6 Å². The van der Waals surface area contributed by atoms with E-state index in [1.165, 1.54) is 13.2 Å². The Balaban J connectivity index is 1.65. The fourth-order valence-corrected chi connectivity index (χ4v) is 5.04. The molecule has 196 valence electrons. The van der Waals surface area contributed by atoms with Gasteiger partial charge in [0.25, 0.3) is 0 Å². The van der Waals surface area contributed by atoms with Crippen molar-refractivity contribution in [3.63, 3.8) is 0 Å². The first-order valence-electron chi connectivity index (χ1n) is 12.3. The van der Waals surface area contributed by atoms with E-state index < -0.39 is 23.5 Å². The van der Waals surface area contributed by atoms with Crippen LogP contribution in [0.2, 0.25) is 0 Å². The normalized spacial score (nSPS) is 14.9. The summed E-state index contributed by atoms with van der Waals surface area (Å²) < 4.78 is 55.8. The van der Waals surface area contributed by atoms with E-state index in [0.717, 1.165) is 17.2 Å². The van der Waals surface area contributed by atoms with Crippen molar-refractivity contribution in [2.45, 2.75) is 59.0 Å². The SMILES string of the molecule is COc1ccc(F)c(-c2ccc(COc3cc(F)c4c(c3F)C(CC(=O)O)CC4)cc2CC(C)(C)C)c1. The minimum atomic E-state index is -1.05. The molecular weight excluding hydrogens is 481 g/mol. The summed E-state index contributed by atoms with van der Waals surface area (Å²) in [5.41, 5.74) is 2.99. The van der Waals surface area contributed by atoms with Crippen molar-refractivity contribution >= 4 is 5.97 Å². The number of aliphatic carboxylic acids is 1. The van der Waals surface area contributed by atoms with Gasteiger partial charge in [-0.05, 0) is 71.0 Å². The molecule has 0 fully saturated rings. The molecule has 0 amide bonds. The van der Waals surface area contributed by atoms with Crippen LogP contribution in [-0.2, 0) is 24.2 Å². The van der Waals surface area contributed by atoms with Crippen LogP contribution < -0.4 is 9.47 Å². The van der Waals surface area contributed by atoms with Crippen LogP contribution in [0.3, 0.4) is 0 Å². The summed E-state index contributed by atoms with van der Waals surface area (Å²) in [6, 6.07) is 11.1. The number of fused-ring (bicyclic) bond motifs is 1. The van der Waals surface area contributed by atoms with Gasteiger partial charge < -0.3 is 14.6 Å². The third kappa shape index (κ3) is 5.92. The zero-order chi connectivity index (χ0) is 26.9. The second-order valence-corrected chi connectivity index (χ2v) is 10.8. The van der Waals surface area contributed by atoms with Crippen LogP contribution in [0.1, 0.15) is 61.8 Å². The average molecular weight is 513 g/mol. The third-order valence-corrected chi connectivity index (χ3v) is 6.64. The fraction of sp³-hybridized carbons (Fsp3) is 0.367. The molecule has 4 nitrogen and oxygen atoms in total. The van der Waals surface area contributed by atoms with Gasteiger partial charge in [0.05, 0.1) is 13.5 Å². The molecular formula is C30H31F3O4. The van der Waals surface area contributed by atoms with Gasteiger partial charge in [0.2, 0.25) is 0 Å². The number of carboxylic acids is 1. The molecule has 3 aromatic carbocycles. The van der Waals surface area contributed by atoms with Crippen LogP contribution in [0.15, 0.2) is 42.5 Å². The molecule has 4 rings (SSSR count). The summed E-state index contributed by atoms with van der Waals surface area (Å²) in [5, 5.41) is 9.16. The van der Waals surface area contributed by atoms with Crippen molar-refractivity contribution in [1.82, 2.24) is 0 Å². The zero-order valence-corrected chi connectivity index (χ0v) is 21.5. The molecule has 0 spiro atoms. The van der Waals surface area contributed by atoms with Gasteiger partial charge in [-0.3, -0.25) is 4.79 Å². The second kappa shape index (κ2) is 10.5. The molecule has 0 bridgehead atoms. The molecule has 0 heterocycles. The van der Waals surface area contributed by atoms with Crippen LogP contribution in [-0.4, -0.2) is 18.2 Å². The highest BCUT2D eigenvalue weighted by atomic mass is 19.1. The van der Waals surface area contributed by atoms with Crippen molar-refractivity contribution in [3.05, 3.63) is 82.2 Å². The first kappa shape index (κ1) is 26.6. The summed E-state index contributed by atoms with van der Waals surface area (Å²) in [4.78, 5) is 11.2. The van der Waals surface area contributed by atoms with Crippen LogP contribution in [0.25, 0.3) is 11.1 Å². The Hall–Kier alpha value is -3.48. The number of rotatable bonds is 8. The Labute approximate surface area is 215 Å². The highest BCUT2D eigenvalue weighted by Crippen LogP contribution is 2.42. The van der Waals surface area contributed by atoms with Gasteiger partial charge >= 0.3 is 5.97 Å². The average Bonchev–Trinajstić information content (AvgIpc) is 3.24. The lowest BCUT2D eigenvalue weighted by molar-refractivity contribution is -0.137. The number of carbonyl (C=O) groups is 1. The highest BCUT2D eigenvalue weighted by molar-refractivity contribution is 5.70. The van der Waals surface area contributed by atoms with Crippen LogP contribution in [0.4, 0.5) is 13.2 Å². The van der Waals surface area contributed by atoms with Crippen molar-refractivity contribution in [1.29, 1.82) is 0 Å². The summed E-state index contributed by atoms with van der Waals surface area (Å²) in [6.07, 6.45) is 1.07. The van der Waals surface area contributed by atoms with Gasteiger partial charge in [-0.1, -0.05) is 39.0 Å². The number of hydrogen-bond donors (Lipinski definition) is 1. The fourth-order valence-electron chi connectivity index (χ4n) is 5.04. The number of ether oxygens (including phenoxy) is 2. The minimum Gasteiger partial charge on any atom is -0.497 e. The predicted octanol–water partition coefficient (Wildman–Crippen LogP) is 7.45. The standard InChI is InChI=1S/C30H31F3O4/c1-30(2,3)15-19-11-17(5-8-21(19)23-13-20(36-4)7-10-24(23)31)16-37-26-14-25(32)22-9-6-18(12-27(34)35)28(22)29(26)33/h5,7-8,10-11,13-14,18H,6,9,12,15-16H2,1-4H3,(H,34,35). The molecule has 1 aliphatic rings. The molecule has 0 radical (unpaired) electrons. The van der Waals surface area contributed by atoms with Gasteiger partial charge in [0.1, 0.15) is 24.0 Å². The number of carboxylic acid groups (broad SMARTS) is 1. The van der Waals surface area contributed by atoms with Gasteiger partial charge in [-0.15, -0.1) is 0 Å². The minimum absolute atomic E-state index is 0.0310. The molecule has 7 heteroatoms. The first-order valence-corrected chi connectivity index (χ1v) is 12.3. The number of methoxy groups -OCH3 is 1. The molecule has 1 unspecified atom stereocenters. The molecule has 3 aromatic rings. The molecule has 0 aromatic heterocycles. The summed E-state index contributed by atoms with van der Waals surface area (Å²) in [7, 11) is 1.53. The Morgan fingerprint density at radius 1 is 1.03 bits per heavy atom. The van der Waals surface area contributed by atoms with Crippen molar-refractivity contribution in [3.8, 4) is 22.6 Å². The first-order chi connectivity index (χ1) is 17.5. The lowest BCUT2D eigenvalue weighted by Gasteiger charge is -2.22. The predicted molar refractivity (Wildman–Crippen MR) is 136 cm³/mol. The van der Waals surface area contributed by atoms with E-state index in [4.69, 9.17) is 14.6 Å². The maximum atomic E-state index is 15.3. The highest BCUT2D eigenvalue weighted by Gasteiger charge is 2.32. The van der Waals surface area contributed by atoms with Crippen molar-refractivity contribution < 1.29 is 32.5 Å². The van der Waals surface area contributed by atoms with Gasteiger partial charge in [0.15, 0.2) is 11.6 Å². The Morgan fingerprint density at radius 3 is 2.46 bits per heavy atom. The quantitative estimate of drug-likeness (QED) is 0.341. The molecule has 1 N–H and O–H groups in total. The van der Waals surface area contributed by atoms with E-state index in [0.29, 0.717) is 36.1 Å². The molecule has 37 heavy (non-hydrogen) atoms. The molecule has 0 saturated heterocycles. The Bertz CT molecular complexity index is 1330. The van der Waals surface area contributed by atoms with E-state index >= 15 is 4.39 Å². The van der Waals surface area contributed by atoms with Crippen LogP contribution in [0.5, 0.6) is 11.5 Å². The Morgan fingerprint density at radius 2 is 1.78 bits per heavy atom. The van der Waals surface area contributed by atoms with E-state index in [-0.39, 0.29) is 41.1 Å². The topological polar surface area (TPSA) is 55.8 Å². The van der Waals surface area contributed by atoms with Crippen molar-refractivity contribution in [2.75, 3.05) is 7.11 Å². The number of benzene rings is 3. The van der Waals surface area contributed by atoms with E-state index in [2.05, 4.69) is 20.8 Å². The molecule has 1 aliphatic carbocycles. The maximum Gasteiger partial charge on any atom is 0.303 e. The van der Waals surface area contributed by atoms with Crippen molar-refractivity contribution in [2.24, 2.45) is 5.41 Å². The largest absolute Gasteiger partial charge is 0.497 e. The van der Waals surface area contributed by atoms with E-state index in [1.807, 2.05) is 6.07 Å². The van der Waals surface area contributed by atoms with E-state index in [1.54, 1.807) is 24.3 Å². The second-order valence-electron chi connectivity index (χ2n) is 10.8. The third-order valence-electron chi connectivity index (χ3n) is 6.64. The lowest BCUT2D eigenvalue weighted by Crippen LogP contribution is -2.11. The molecule has 1 atom stereocenters. The molecule has 0 aliphatic heterocycles. The lowest BCUT2D eigenvalue weighted by atomic mass is 9.84. The van der Waals surface area contributed by atoms with Crippen LogP contribution in [0, 0.1) is 22.9 Å². The van der Waals surface area contributed by atoms with Gasteiger partial charge in [-0.25, -0.2) is 13.2 Å². The molecule has 0 saturated carbocycles. The maximum absolute atomic E-state index is 15.3. The van der Waals surface area contributed by atoms with Crippen LogP contribution >= 0.6 is 0 Å². The smallest absolute Gasteiger partial charge is 0.303 e.